The molecule has 0 saturated carbocycles. The van der Waals surface area contributed by atoms with Crippen LogP contribution >= 0.6 is 11.6 Å². The average Bonchev–Trinajstić information content (AvgIpc) is 2.52. The number of halogens is 1. The molecule has 1 aromatic carbocycles. The Morgan fingerprint density at radius 3 is 2.57 bits per heavy atom. The molecule has 1 heterocycles. The van der Waals surface area contributed by atoms with E-state index in [4.69, 9.17) is 22.1 Å². The van der Waals surface area contributed by atoms with Gasteiger partial charge in [-0.15, -0.1) is 0 Å². The molecule has 0 fully saturated rings. The van der Waals surface area contributed by atoms with Gasteiger partial charge in [0.1, 0.15) is 0 Å². The molecule has 0 saturated heterocycles. The van der Waals surface area contributed by atoms with Gasteiger partial charge in [0, 0.05) is 29.6 Å². The number of nitro benzene ring substituents is 1. The Hall–Kier alpha value is -2.74. The summed E-state index contributed by atoms with van der Waals surface area (Å²) in [5.41, 5.74) is 5.46. The van der Waals surface area contributed by atoms with Crippen molar-refractivity contribution in [2.24, 2.45) is 5.73 Å². The first-order valence-corrected chi connectivity index (χ1v) is 6.84. The van der Waals surface area contributed by atoms with E-state index >= 15 is 0 Å². The molecule has 23 heavy (non-hydrogen) atoms. The number of nitro groups is 1. The molecule has 8 nitrogen and oxygen atoms in total. The number of hydrogen-bond acceptors (Lipinski definition) is 6. The van der Waals surface area contributed by atoms with Crippen LogP contribution in [0.5, 0.6) is 5.75 Å². The minimum Gasteiger partial charge on any atom is -0.487 e. The molecule has 2 N–H and O–H groups in total. The molecule has 2 rings (SSSR count). The second-order valence-electron chi connectivity index (χ2n) is 4.43. The fraction of sp³-hybridized carbons (Fsp3) is 0.143. The first kappa shape index (κ1) is 16.6. The molecular formula is C14H12ClN4O4. The van der Waals surface area contributed by atoms with Crippen LogP contribution in [0.3, 0.4) is 0 Å². The van der Waals surface area contributed by atoms with Gasteiger partial charge in [0.15, 0.2) is 5.75 Å². The molecule has 1 aromatic heterocycles. The van der Waals surface area contributed by atoms with Gasteiger partial charge in [0.2, 0.25) is 11.2 Å². The molecule has 1 amide bonds. The van der Waals surface area contributed by atoms with Crippen molar-refractivity contribution in [2.45, 2.75) is 6.42 Å². The Morgan fingerprint density at radius 1 is 1.39 bits per heavy atom. The summed E-state index contributed by atoms with van der Waals surface area (Å²) in [6, 6.07) is 2.53. The molecule has 0 bridgehead atoms. The highest BCUT2D eigenvalue weighted by Gasteiger charge is 2.25. The number of rotatable bonds is 6. The molecule has 0 atom stereocenters. The standard InChI is InChI=1S/C14H12ClN4O4/c1-2-3-23-11-5-8(13(16)20)4-10(12(11)19(21)22)9-6-17-14(15)18-7-9/h4-7H,1-3H2,(H2,16,20). The molecule has 2 aromatic rings. The normalized spacial score (nSPS) is 10.3. The molecule has 119 valence electrons. The van der Waals surface area contributed by atoms with Gasteiger partial charge in [0.25, 0.3) is 0 Å². The third kappa shape index (κ3) is 3.72. The van der Waals surface area contributed by atoms with Crippen molar-refractivity contribution >= 4 is 23.2 Å². The second-order valence-corrected chi connectivity index (χ2v) is 4.77. The van der Waals surface area contributed by atoms with Gasteiger partial charge in [-0.1, -0.05) is 0 Å². The number of hydrogen-bond donors (Lipinski definition) is 1. The number of nitrogens with two attached hydrogens (primary N) is 1. The number of ether oxygens (including phenoxy) is 1. The van der Waals surface area contributed by atoms with E-state index in [-0.39, 0.29) is 34.5 Å². The van der Waals surface area contributed by atoms with Crippen LogP contribution in [0, 0.1) is 17.0 Å². The average molecular weight is 336 g/mol. The summed E-state index contributed by atoms with van der Waals surface area (Å²) < 4.78 is 5.35. The fourth-order valence-corrected chi connectivity index (χ4v) is 2.00. The van der Waals surface area contributed by atoms with Crippen molar-refractivity contribution in [3.63, 3.8) is 0 Å². The van der Waals surface area contributed by atoms with Gasteiger partial charge >= 0.3 is 5.69 Å². The monoisotopic (exact) mass is 335 g/mol. The van der Waals surface area contributed by atoms with E-state index in [2.05, 4.69) is 16.9 Å². The lowest BCUT2D eigenvalue weighted by atomic mass is 10.0. The number of primary amides is 1. The number of amides is 1. The lowest BCUT2D eigenvalue weighted by Crippen LogP contribution is -2.12. The maximum absolute atomic E-state index is 11.5. The number of aromatic nitrogens is 2. The predicted octanol–water partition coefficient (Wildman–Crippen LogP) is 2.41. The summed E-state index contributed by atoms with van der Waals surface area (Å²) >= 11 is 5.62. The van der Waals surface area contributed by atoms with Crippen molar-refractivity contribution < 1.29 is 14.5 Å². The van der Waals surface area contributed by atoms with Gasteiger partial charge in [-0.2, -0.15) is 0 Å². The third-order valence-corrected chi connectivity index (χ3v) is 3.07. The number of carbonyl (C=O) groups excluding carboxylic acids is 1. The Labute approximate surface area is 136 Å². The summed E-state index contributed by atoms with van der Waals surface area (Å²) in [6.07, 6.45) is 3.03. The second kappa shape index (κ2) is 7.01. The molecule has 9 heteroatoms. The Bertz CT molecular complexity index is 749. The molecule has 0 unspecified atom stereocenters. The quantitative estimate of drug-likeness (QED) is 0.491. The van der Waals surface area contributed by atoms with Gasteiger partial charge < -0.3 is 10.5 Å². The fourth-order valence-electron chi connectivity index (χ4n) is 1.90. The van der Waals surface area contributed by atoms with E-state index in [0.717, 1.165) is 0 Å². The number of benzene rings is 1. The summed E-state index contributed by atoms with van der Waals surface area (Å²) in [4.78, 5) is 29.9. The minimum atomic E-state index is -0.740. The van der Waals surface area contributed by atoms with Crippen molar-refractivity contribution in [3.05, 3.63) is 52.4 Å². The van der Waals surface area contributed by atoms with Gasteiger partial charge in [-0.05, 0) is 31.0 Å². The first-order valence-electron chi connectivity index (χ1n) is 6.46. The maximum Gasteiger partial charge on any atom is 0.318 e. The molecule has 0 aliphatic rings. The van der Waals surface area contributed by atoms with E-state index < -0.39 is 10.8 Å². The van der Waals surface area contributed by atoms with E-state index in [0.29, 0.717) is 12.0 Å². The Balaban J connectivity index is 2.70. The zero-order valence-electron chi connectivity index (χ0n) is 11.9. The molecule has 0 aliphatic carbocycles. The van der Waals surface area contributed by atoms with E-state index in [1.807, 2.05) is 0 Å². The van der Waals surface area contributed by atoms with Crippen molar-refractivity contribution in [3.8, 4) is 16.9 Å². The van der Waals surface area contributed by atoms with Crippen molar-refractivity contribution in [2.75, 3.05) is 6.61 Å². The first-order chi connectivity index (χ1) is 10.9. The van der Waals surface area contributed by atoms with Crippen LogP contribution < -0.4 is 10.5 Å². The van der Waals surface area contributed by atoms with Gasteiger partial charge in [0.05, 0.1) is 17.1 Å². The van der Waals surface area contributed by atoms with Crippen LogP contribution in [-0.2, 0) is 0 Å². The molecule has 1 radical (unpaired) electrons. The Kier molecular flexibility index (Phi) is 5.07. The predicted molar refractivity (Wildman–Crippen MR) is 83.1 cm³/mol. The van der Waals surface area contributed by atoms with Crippen LogP contribution in [0.2, 0.25) is 5.28 Å². The van der Waals surface area contributed by atoms with Crippen molar-refractivity contribution in [1.82, 2.24) is 9.97 Å². The van der Waals surface area contributed by atoms with Crippen molar-refractivity contribution in [1.29, 1.82) is 0 Å². The van der Waals surface area contributed by atoms with Crippen LogP contribution in [0.1, 0.15) is 16.8 Å². The van der Waals surface area contributed by atoms with E-state index in [1.165, 1.54) is 24.5 Å². The smallest absolute Gasteiger partial charge is 0.318 e. The topological polar surface area (TPSA) is 121 Å². The highest BCUT2D eigenvalue weighted by atomic mass is 35.5. The molecular weight excluding hydrogens is 324 g/mol. The Morgan fingerprint density at radius 2 is 2.04 bits per heavy atom. The lowest BCUT2D eigenvalue weighted by Gasteiger charge is -2.11. The van der Waals surface area contributed by atoms with E-state index in [1.54, 1.807) is 0 Å². The van der Waals surface area contributed by atoms with Crippen LogP contribution in [0.15, 0.2) is 24.5 Å². The van der Waals surface area contributed by atoms with Gasteiger partial charge in [-0.25, -0.2) is 9.97 Å². The molecule has 0 spiro atoms. The maximum atomic E-state index is 11.5. The van der Waals surface area contributed by atoms with Crippen LogP contribution in [-0.4, -0.2) is 27.4 Å². The number of carbonyl (C=O) groups is 1. The number of nitrogens with zero attached hydrogens (tertiary/aromatic N) is 3. The zero-order valence-corrected chi connectivity index (χ0v) is 12.6. The summed E-state index contributed by atoms with van der Waals surface area (Å²) in [6.45, 7) is 3.75. The summed E-state index contributed by atoms with van der Waals surface area (Å²) in [5, 5.41) is 11.5. The zero-order chi connectivity index (χ0) is 17.0. The highest BCUT2D eigenvalue weighted by molar-refractivity contribution is 6.28. The highest BCUT2D eigenvalue weighted by Crippen LogP contribution is 2.38. The summed E-state index contributed by atoms with van der Waals surface area (Å²) in [5.74, 6) is -0.810. The SMILES string of the molecule is [CH2]CCOc1cc(C(N)=O)cc(-c2cnc(Cl)nc2)c1[N+](=O)[O-]. The van der Waals surface area contributed by atoms with Gasteiger partial charge in [-0.3, -0.25) is 14.9 Å². The summed E-state index contributed by atoms with van der Waals surface area (Å²) in [7, 11) is 0. The molecule has 0 aliphatic heterocycles. The largest absolute Gasteiger partial charge is 0.487 e. The van der Waals surface area contributed by atoms with Crippen LogP contribution in [0.25, 0.3) is 11.1 Å². The van der Waals surface area contributed by atoms with E-state index in [9.17, 15) is 14.9 Å². The third-order valence-electron chi connectivity index (χ3n) is 2.88. The lowest BCUT2D eigenvalue weighted by molar-refractivity contribution is -0.385. The minimum absolute atomic E-state index is 0.00371. The van der Waals surface area contributed by atoms with Crippen LogP contribution in [0.4, 0.5) is 5.69 Å².